The van der Waals surface area contributed by atoms with Gasteiger partial charge in [0.1, 0.15) is 0 Å². The first-order valence-electron chi connectivity index (χ1n) is 12.6. The van der Waals surface area contributed by atoms with Gasteiger partial charge in [-0.2, -0.15) is 0 Å². The smallest absolute Gasteiger partial charge is 0.245 e. The molecule has 2 amide bonds. The Morgan fingerprint density at radius 2 is 1.74 bits per heavy atom. The molecule has 2 aromatic heterocycles. The van der Waals surface area contributed by atoms with Gasteiger partial charge < -0.3 is 15.2 Å². The fraction of sp³-hybridized carbons (Fsp3) is 0.481. The molecule has 0 aliphatic heterocycles. The van der Waals surface area contributed by atoms with E-state index >= 15 is 0 Å². The molecule has 0 unspecified atom stereocenters. The van der Waals surface area contributed by atoms with E-state index in [1.54, 1.807) is 6.20 Å². The number of imidazole rings is 1. The van der Waals surface area contributed by atoms with Gasteiger partial charge in [0.05, 0.1) is 17.1 Å². The number of thiazole rings is 1. The molecule has 4 bridgehead atoms. The molecule has 0 saturated heterocycles. The van der Waals surface area contributed by atoms with Crippen molar-refractivity contribution in [3.63, 3.8) is 0 Å². The van der Waals surface area contributed by atoms with E-state index in [1.165, 1.54) is 49.9 Å². The summed E-state index contributed by atoms with van der Waals surface area (Å²) in [5, 5.41) is 6.26. The van der Waals surface area contributed by atoms with E-state index in [-0.39, 0.29) is 23.8 Å². The van der Waals surface area contributed by atoms with Gasteiger partial charge in [-0.1, -0.05) is 41.7 Å². The topological polar surface area (TPSA) is 88.9 Å². The van der Waals surface area contributed by atoms with E-state index < -0.39 is 0 Å². The quantitative estimate of drug-likeness (QED) is 0.495. The van der Waals surface area contributed by atoms with Crippen molar-refractivity contribution in [2.75, 3.05) is 11.9 Å². The molecule has 7 rings (SSSR count). The molecule has 1 aromatic carbocycles. The molecule has 4 aliphatic carbocycles. The van der Waals surface area contributed by atoms with Crippen molar-refractivity contribution in [2.24, 2.45) is 30.2 Å². The zero-order valence-electron chi connectivity index (χ0n) is 20.0. The van der Waals surface area contributed by atoms with Crippen molar-refractivity contribution in [1.29, 1.82) is 0 Å². The van der Waals surface area contributed by atoms with Gasteiger partial charge in [0.15, 0.2) is 11.0 Å². The van der Waals surface area contributed by atoms with Gasteiger partial charge in [-0.15, -0.1) is 0 Å². The summed E-state index contributed by atoms with van der Waals surface area (Å²) < 4.78 is 1.94. The minimum atomic E-state index is -0.261. The van der Waals surface area contributed by atoms with E-state index in [0.29, 0.717) is 11.6 Å². The number of hydrogen-bond acceptors (Lipinski definition) is 5. The summed E-state index contributed by atoms with van der Waals surface area (Å²) in [6, 6.07) is 9.89. The number of benzene rings is 1. The van der Waals surface area contributed by atoms with Crippen LogP contribution in [0.25, 0.3) is 22.0 Å². The number of carbonyl (C=O) groups is 2. The molecular formula is C27H31N5O2S. The third kappa shape index (κ3) is 4.51. The lowest BCUT2D eigenvalue weighted by Gasteiger charge is -2.56. The van der Waals surface area contributed by atoms with Crippen LogP contribution < -0.4 is 10.6 Å². The van der Waals surface area contributed by atoms with Gasteiger partial charge in [-0.25, -0.2) is 9.97 Å². The Balaban J connectivity index is 1.11. The average Bonchev–Trinajstić information content (AvgIpc) is 3.43. The molecule has 35 heavy (non-hydrogen) atoms. The predicted octanol–water partition coefficient (Wildman–Crippen LogP) is 4.87. The van der Waals surface area contributed by atoms with Crippen molar-refractivity contribution >= 4 is 28.3 Å². The van der Waals surface area contributed by atoms with Crippen molar-refractivity contribution < 1.29 is 9.59 Å². The summed E-state index contributed by atoms with van der Waals surface area (Å²) in [7, 11) is 1.94. The highest BCUT2D eigenvalue weighted by Gasteiger charge is 2.51. The number of aromatic nitrogens is 3. The fourth-order valence-electron chi connectivity index (χ4n) is 7.15. The van der Waals surface area contributed by atoms with E-state index in [0.717, 1.165) is 39.7 Å². The summed E-state index contributed by atoms with van der Waals surface area (Å²) in [4.78, 5) is 35.6. The lowest BCUT2D eigenvalue weighted by molar-refractivity contribution is -0.131. The summed E-state index contributed by atoms with van der Waals surface area (Å²) in [5.41, 5.74) is 1.92. The van der Waals surface area contributed by atoms with Crippen LogP contribution in [-0.2, 0) is 16.6 Å². The first kappa shape index (κ1) is 22.5. The van der Waals surface area contributed by atoms with Crippen LogP contribution in [0.15, 0.2) is 42.7 Å². The van der Waals surface area contributed by atoms with Crippen LogP contribution >= 0.6 is 11.3 Å². The molecule has 4 aliphatic rings. The zero-order chi connectivity index (χ0) is 24.0. The number of aryl methyl sites for hydroxylation is 1. The monoisotopic (exact) mass is 489 g/mol. The van der Waals surface area contributed by atoms with E-state index in [2.05, 4.69) is 15.6 Å². The average molecular weight is 490 g/mol. The van der Waals surface area contributed by atoms with Crippen LogP contribution in [-0.4, -0.2) is 32.9 Å². The molecule has 182 valence electrons. The number of nitrogens with one attached hydrogen (secondary N) is 2. The van der Waals surface area contributed by atoms with Gasteiger partial charge in [0.25, 0.3) is 0 Å². The van der Waals surface area contributed by atoms with Gasteiger partial charge in [-0.3, -0.25) is 9.59 Å². The standard InChI is InChI=1S/C27H31N5O2S/c1-32-8-7-28-25(32)24-23(20-5-3-2-4-6-20)31-26(35-24)30-22(34)16-29-21(33)15-27-12-17-9-18(13-27)11-19(10-17)14-27/h2-8,17-19H,9-16H2,1H3,(H,29,33)(H,30,31,34). The minimum absolute atomic E-state index is 0.0000808. The van der Waals surface area contributed by atoms with Gasteiger partial charge in [0, 0.05) is 31.4 Å². The van der Waals surface area contributed by atoms with Crippen LogP contribution in [0, 0.1) is 23.2 Å². The summed E-state index contributed by atoms with van der Waals surface area (Å²) in [6.45, 7) is -0.0385. The van der Waals surface area contributed by atoms with E-state index in [4.69, 9.17) is 4.98 Å². The number of hydrogen-bond donors (Lipinski definition) is 2. The summed E-state index contributed by atoms with van der Waals surface area (Å²) in [5.74, 6) is 2.98. The summed E-state index contributed by atoms with van der Waals surface area (Å²) >= 11 is 1.39. The summed E-state index contributed by atoms with van der Waals surface area (Å²) in [6.07, 6.45) is 11.9. The molecule has 0 spiro atoms. The third-order valence-electron chi connectivity index (χ3n) is 8.09. The molecule has 0 radical (unpaired) electrons. The van der Waals surface area contributed by atoms with Crippen LogP contribution in [0.3, 0.4) is 0 Å². The lowest BCUT2D eigenvalue weighted by Crippen LogP contribution is -2.48. The number of rotatable bonds is 7. The van der Waals surface area contributed by atoms with Crippen molar-refractivity contribution in [3.05, 3.63) is 42.7 Å². The molecule has 2 N–H and O–H groups in total. The first-order chi connectivity index (χ1) is 17.0. The number of amides is 2. The van der Waals surface area contributed by atoms with Crippen LogP contribution in [0.4, 0.5) is 5.13 Å². The highest BCUT2D eigenvalue weighted by Crippen LogP contribution is 2.61. The second kappa shape index (κ2) is 8.90. The molecule has 8 heteroatoms. The van der Waals surface area contributed by atoms with Crippen LogP contribution in [0.1, 0.15) is 44.9 Å². The Hall–Kier alpha value is -3.00. The molecule has 2 heterocycles. The Bertz CT molecular complexity index is 1210. The highest BCUT2D eigenvalue weighted by molar-refractivity contribution is 7.19. The molecular weight excluding hydrogens is 458 g/mol. The number of anilines is 1. The van der Waals surface area contributed by atoms with Crippen LogP contribution in [0.5, 0.6) is 0 Å². The van der Waals surface area contributed by atoms with E-state index in [9.17, 15) is 9.59 Å². The fourth-order valence-corrected chi connectivity index (χ4v) is 8.20. The van der Waals surface area contributed by atoms with E-state index in [1.807, 2.05) is 48.1 Å². The Morgan fingerprint density at radius 3 is 2.37 bits per heavy atom. The maximum Gasteiger partial charge on any atom is 0.245 e. The molecule has 4 fully saturated rings. The highest BCUT2D eigenvalue weighted by atomic mass is 32.1. The second-order valence-electron chi connectivity index (χ2n) is 10.8. The van der Waals surface area contributed by atoms with Gasteiger partial charge >= 0.3 is 0 Å². The maximum absolute atomic E-state index is 12.8. The molecule has 4 saturated carbocycles. The normalized spacial score (nSPS) is 26.6. The molecule has 0 atom stereocenters. The minimum Gasteiger partial charge on any atom is -0.347 e. The Labute approximate surface area is 209 Å². The van der Waals surface area contributed by atoms with Crippen molar-refractivity contribution in [1.82, 2.24) is 19.9 Å². The Morgan fingerprint density at radius 1 is 1.06 bits per heavy atom. The SMILES string of the molecule is Cn1ccnc1-c1sc(NC(=O)CNC(=O)CC23CC4CC(CC(C4)C2)C3)nc1-c1ccccc1. The Kier molecular flexibility index (Phi) is 5.71. The number of nitrogens with zero attached hydrogens (tertiary/aromatic N) is 3. The molecule has 7 nitrogen and oxygen atoms in total. The van der Waals surface area contributed by atoms with Gasteiger partial charge in [-0.05, 0) is 61.7 Å². The number of carbonyl (C=O) groups excluding carboxylic acids is 2. The predicted molar refractivity (Wildman–Crippen MR) is 137 cm³/mol. The van der Waals surface area contributed by atoms with Crippen molar-refractivity contribution in [2.45, 2.75) is 44.9 Å². The van der Waals surface area contributed by atoms with Crippen molar-refractivity contribution in [3.8, 4) is 22.0 Å². The third-order valence-corrected chi connectivity index (χ3v) is 9.06. The van der Waals surface area contributed by atoms with Crippen LogP contribution in [0.2, 0.25) is 0 Å². The van der Waals surface area contributed by atoms with Gasteiger partial charge in [0.2, 0.25) is 11.8 Å². The second-order valence-corrected chi connectivity index (χ2v) is 11.8. The lowest BCUT2D eigenvalue weighted by atomic mass is 9.49. The first-order valence-corrected chi connectivity index (χ1v) is 13.4. The molecule has 3 aromatic rings. The largest absolute Gasteiger partial charge is 0.347 e. The maximum atomic E-state index is 12.8. The zero-order valence-corrected chi connectivity index (χ0v) is 20.8.